The third-order valence-electron chi connectivity index (χ3n) is 4.10. The van der Waals surface area contributed by atoms with Gasteiger partial charge in [0.25, 0.3) is 5.91 Å². The van der Waals surface area contributed by atoms with Crippen molar-refractivity contribution in [2.45, 2.75) is 18.7 Å². The molecule has 1 aliphatic rings. The molecule has 5 nitrogen and oxygen atoms in total. The maximum absolute atomic E-state index is 12.7. The van der Waals surface area contributed by atoms with E-state index in [1.165, 1.54) is 23.5 Å². The highest BCUT2D eigenvalue weighted by Gasteiger charge is 2.35. The number of carbonyl (C=O) groups is 1. The molecular formula is C16H16F3N3O2. The number of aromatic amines is 1. The summed E-state index contributed by atoms with van der Waals surface area (Å²) in [6.07, 6.45) is -2.43. The molecule has 0 radical (unpaired) electrons. The topological polar surface area (TPSA) is 69.2 Å². The van der Waals surface area contributed by atoms with Gasteiger partial charge in [-0.3, -0.25) is 4.79 Å². The number of H-pyrrole nitrogens is 1. The number of hydrogen-bond donors (Lipinski definition) is 2. The summed E-state index contributed by atoms with van der Waals surface area (Å²) in [5.41, 5.74) is 0.249. The van der Waals surface area contributed by atoms with Gasteiger partial charge in [0.1, 0.15) is 0 Å². The van der Waals surface area contributed by atoms with Gasteiger partial charge in [-0.2, -0.15) is 13.2 Å². The number of hydrogen-bond acceptors (Lipinski definition) is 3. The lowest BCUT2D eigenvalue weighted by Crippen LogP contribution is -2.52. The molecule has 0 aliphatic carbocycles. The van der Waals surface area contributed by atoms with E-state index in [1.54, 1.807) is 6.07 Å². The predicted molar refractivity (Wildman–Crippen MR) is 78.8 cm³/mol. The predicted octanol–water partition coefficient (Wildman–Crippen LogP) is 2.16. The van der Waals surface area contributed by atoms with E-state index in [0.29, 0.717) is 30.8 Å². The molecule has 0 bridgehead atoms. The van der Waals surface area contributed by atoms with Crippen molar-refractivity contribution < 1.29 is 23.1 Å². The Morgan fingerprint density at radius 3 is 2.79 bits per heavy atom. The highest BCUT2D eigenvalue weighted by Crippen LogP contribution is 2.31. The number of nitrogens with zero attached hydrogens (tertiary/aromatic N) is 2. The van der Waals surface area contributed by atoms with Gasteiger partial charge in [0, 0.05) is 13.1 Å². The first kappa shape index (κ1) is 16.5. The van der Waals surface area contributed by atoms with Crippen LogP contribution in [0.25, 0.3) is 0 Å². The van der Waals surface area contributed by atoms with Crippen molar-refractivity contribution in [2.75, 3.05) is 13.1 Å². The number of benzene rings is 1. The molecule has 8 heteroatoms. The molecule has 1 aliphatic heterocycles. The Hall–Kier alpha value is -2.35. The van der Waals surface area contributed by atoms with Crippen molar-refractivity contribution in [1.82, 2.24) is 14.9 Å². The maximum Gasteiger partial charge on any atom is 0.416 e. The highest BCUT2D eigenvalue weighted by atomic mass is 19.4. The zero-order chi connectivity index (χ0) is 17.3. The van der Waals surface area contributed by atoms with Crippen molar-refractivity contribution >= 4 is 5.91 Å². The smallest absolute Gasteiger partial charge is 0.377 e. The molecule has 2 aromatic rings. The molecule has 1 fully saturated rings. The summed E-state index contributed by atoms with van der Waals surface area (Å²) < 4.78 is 38.1. The zero-order valence-corrected chi connectivity index (χ0v) is 12.6. The highest BCUT2D eigenvalue weighted by molar-refractivity contribution is 5.82. The number of nitrogens with one attached hydrogen (secondary N) is 1. The summed E-state index contributed by atoms with van der Waals surface area (Å²) in [7, 11) is 0. The molecule has 1 saturated heterocycles. The number of rotatable bonds is 4. The molecule has 1 aromatic heterocycles. The average Bonchev–Trinajstić information content (AvgIpc) is 3.03. The van der Waals surface area contributed by atoms with Crippen LogP contribution in [-0.4, -0.2) is 39.0 Å². The largest absolute Gasteiger partial charge is 0.416 e. The molecule has 3 rings (SSSR count). The molecule has 0 spiro atoms. The van der Waals surface area contributed by atoms with Gasteiger partial charge in [-0.1, -0.05) is 18.2 Å². The maximum atomic E-state index is 12.7. The van der Waals surface area contributed by atoms with Gasteiger partial charge >= 0.3 is 6.18 Å². The second-order valence-electron chi connectivity index (χ2n) is 5.92. The fraction of sp³-hybridized carbons (Fsp3) is 0.375. The Morgan fingerprint density at radius 1 is 1.42 bits per heavy atom. The van der Waals surface area contributed by atoms with Crippen LogP contribution in [0.3, 0.4) is 0 Å². The standard InChI is InChI=1S/C16H16F3N3O2/c17-16(18,19)12-3-1-2-10(5-12)4-11-7-22(8-11)15(24)14(23)13-6-20-9-21-13/h1-3,5-6,9,11,14,23H,4,7-8H2,(H,20,21). The molecule has 128 valence electrons. The quantitative estimate of drug-likeness (QED) is 0.897. The Bertz CT molecular complexity index is 710. The van der Waals surface area contributed by atoms with Gasteiger partial charge in [0.05, 0.1) is 23.8 Å². The minimum Gasteiger partial charge on any atom is -0.377 e. The Labute approximate surface area is 136 Å². The third kappa shape index (κ3) is 3.43. The molecule has 1 unspecified atom stereocenters. The van der Waals surface area contributed by atoms with Crippen molar-refractivity contribution in [3.8, 4) is 0 Å². The molecule has 1 atom stereocenters. The number of imidazole rings is 1. The van der Waals surface area contributed by atoms with E-state index in [2.05, 4.69) is 9.97 Å². The van der Waals surface area contributed by atoms with Crippen LogP contribution in [0.2, 0.25) is 0 Å². The molecule has 2 N–H and O–H groups in total. The number of alkyl halides is 3. The van der Waals surface area contributed by atoms with Crippen molar-refractivity contribution in [3.63, 3.8) is 0 Å². The van der Waals surface area contributed by atoms with E-state index in [0.717, 1.165) is 12.1 Å². The molecule has 0 saturated carbocycles. The number of halogens is 3. The summed E-state index contributed by atoms with van der Waals surface area (Å²) in [6, 6.07) is 5.23. The fourth-order valence-electron chi connectivity index (χ4n) is 2.81. The van der Waals surface area contributed by atoms with Crippen LogP contribution in [0.4, 0.5) is 13.2 Å². The first-order valence-electron chi connectivity index (χ1n) is 7.46. The third-order valence-corrected chi connectivity index (χ3v) is 4.10. The monoisotopic (exact) mass is 339 g/mol. The lowest BCUT2D eigenvalue weighted by Gasteiger charge is -2.40. The number of aliphatic hydroxyl groups is 1. The summed E-state index contributed by atoms with van der Waals surface area (Å²) >= 11 is 0. The Kier molecular flexibility index (Phi) is 4.31. The van der Waals surface area contributed by atoms with Crippen LogP contribution in [0.15, 0.2) is 36.8 Å². The van der Waals surface area contributed by atoms with Gasteiger partial charge in [0.2, 0.25) is 0 Å². The number of likely N-dealkylation sites (tertiary alicyclic amines) is 1. The van der Waals surface area contributed by atoms with Gasteiger partial charge in [-0.15, -0.1) is 0 Å². The van der Waals surface area contributed by atoms with E-state index >= 15 is 0 Å². The minimum atomic E-state index is -4.36. The van der Waals surface area contributed by atoms with Gasteiger partial charge in [-0.25, -0.2) is 4.98 Å². The number of carbonyl (C=O) groups excluding carboxylic acids is 1. The molecule has 2 heterocycles. The molecule has 1 amide bonds. The molecular weight excluding hydrogens is 323 g/mol. The SMILES string of the molecule is O=C(C(O)c1cnc[nH]1)N1CC(Cc2cccc(C(F)(F)F)c2)C1. The van der Waals surface area contributed by atoms with E-state index in [4.69, 9.17) is 0 Å². The first-order chi connectivity index (χ1) is 11.3. The van der Waals surface area contributed by atoms with Crippen LogP contribution < -0.4 is 0 Å². The van der Waals surface area contributed by atoms with Crippen molar-refractivity contribution in [2.24, 2.45) is 5.92 Å². The zero-order valence-electron chi connectivity index (χ0n) is 12.6. The summed E-state index contributed by atoms with van der Waals surface area (Å²) in [6.45, 7) is 0.834. The number of aromatic nitrogens is 2. The van der Waals surface area contributed by atoms with Crippen LogP contribution in [0, 0.1) is 5.92 Å². The Balaban J connectivity index is 1.55. The lowest BCUT2D eigenvalue weighted by atomic mass is 9.91. The Morgan fingerprint density at radius 2 is 2.17 bits per heavy atom. The van der Waals surface area contributed by atoms with Crippen LogP contribution in [-0.2, 0) is 17.4 Å². The molecule has 1 aromatic carbocycles. The first-order valence-corrected chi connectivity index (χ1v) is 7.46. The summed E-state index contributed by atoms with van der Waals surface area (Å²) in [4.78, 5) is 20.0. The van der Waals surface area contributed by atoms with Gasteiger partial charge in [-0.05, 0) is 24.0 Å². The number of amides is 1. The van der Waals surface area contributed by atoms with Crippen molar-refractivity contribution in [3.05, 3.63) is 53.6 Å². The average molecular weight is 339 g/mol. The van der Waals surface area contributed by atoms with Crippen LogP contribution >= 0.6 is 0 Å². The van der Waals surface area contributed by atoms with Crippen LogP contribution in [0.5, 0.6) is 0 Å². The number of aliphatic hydroxyl groups excluding tert-OH is 1. The minimum absolute atomic E-state index is 0.0893. The van der Waals surface area contributed by atoms with Gasteiger partial charge < -0.3 is 15.0 Å². The normalized spacial score (nSPS) is 16.8. The van der Waals surface area contributed by atoms with E-state index < -0.39 is 23.8 Å². The summed E-state index contributed by atoms with van der Waals surface area (Å²) in [5.74, 6) is -0.342. The lowest BCUT2D eigenvalue weighted by molar-refractivity contribution is -0.147. The second kappa shape index (κ2) is 6.27. The fourth-order valence-corrected chi connectivity index (χ4v) is 2.81. The summed E-state index contributed by atoms with van der Waals surface area (Å²) in [5, 5.41) is 9.93. The van der Waals surface area contributed by atoms with E-state index in [-0.39, 0.29) is 5.92 Å². The van der Waals surface area contributed by atoms with Crippen molar-refractivity contribution in [1.29, 1.82) is 0 Å². The second-order valence-corrected chi connectivity index (χ2v) is 5.92. The van der Waals surface area contributed by atoms with Gasteiger partial charge in [0.15, 0.2) is 6.10 Å². The van der Waals surface area contributed by atoms with E-state index in [1.807, 2.05) is 0 Å². The van der Waals surface area contributed by atoms with Crippen LogP contribution in [0.1, 0.15) is 22.9 Å². The van der Waals surface area contributed by atoms with E-state index in [9.17, 15) is 23.1 Å². The molecule has 24 heavy (non-hydrogen) atoms.